The zero-order chi connectivity index (χ0) is 39.8. The van der Waals surface area contributed by atoms with Crippen molar-refractivity contribution in [2.24, 2.45) is 5.73 Å². The molecule has 3 aromatic rings. The van der Waals surface area contributed by atoms with Crippen LogP contribution >= 0.6 is 0 Å². The van der Waals surface area contributed by atoms with Crippen LogP contribution in [0.2, 0.25) is 0 Å². The second kappa shape index (κ2) is 20.2. The molecule has 0 radical (unpaired) electrons. The highest BCUT2D eigenvalue weighted by Crippen LogP contribution is 2.20. The van der Waals surface area contributed by atoms with Crippen LogP contribution in [0.25, 0.3) is 17.0 Å². The van der Waals surface area contributed by atoms with Crippen LogP contribution in [0.15, 0.2) is 66.5 Å². The zero-order valence-electron chi connectivity index (χ0n) is 30.8. The summed E-state index contributed by atoms with van der Waals surface area (Å²) in [4.78, 5) is 93.0. The predicted octanol–water partition coefficient (Wildman–Crippen LogP) is 2.39. The molecule has 1 heterocycles. The Labute approximate surface area is 313 Å². The summed E-state index contributed by atoms with van der Waals surface area (Å²) in [5.74, 6) is -5.57. The Morgan fingerprint density at radius 1 is 0.889 bits per heavy atom. The van der Waals surface area contributed by atoms with Gasteiger partial charge in [-0.3, -0.25) is 28.8 Å². The number of unbranched alkanes of at least 4 members (excludes halogenated alkanes) is 1. The lowest BCUT2D eigenvalue weighted by atomic mass is 10.0. The number of carbonyl (C=O) groups excluding carboxylic acids is 6. The lowest BCUT2D eigenvalue weighted by molar-refractivity contribution is -0.141. The smallest absolute Gasteiger partial charge is 0.407 e. The van der Waals surface area contributed by atoms with E-state index in [4.69, 9.17) is 10.5 Å². The van der Waals surface area contributed by atoms with E-state index in [0.29, 0.717) is 24.0 Å². The van der Waals surface area contributed by atoms with Crippen LogP contribution in [0, 0.1) is 0 Å². The van der Waals surface area contributed by atoms with Crippen molar-refractivity contribution in [3.8, 4) is 0 Å². The third-order valence-electron chi connectivity index (χ3n) is 7.88. The number of primary amides is 1. The molecular weight excluding hydrogens is 698 g/mol. The summed E-state index contributed by atoms with van der Waals surface area (Å²) in [6, 6.07) is 11.9. The van der Waals surface area contributed by atoms with Crippen molar-refractivity contribution in [1.82, 2.24) is 31.6 Å². The Bertz CT molecular complexity index is 1830. The third-order valence-corrected chi connectivity index (χ3v) is 7.88. The summed E-state index contributed by atoms with van der Waals surface area (Å²) in [6.45, 7) is 6.85. The van der Waals surface area contributed by atoms with Crippen LogP contribution in [-0.4, -0.2) is 82.0 Å². The third kappa shape index (κ3) is 14.1. The van der Waals surface area contributed by atoms with Crippen LogP contribution in [0.3, 0.4) is 0 Å². The highest BCUT2D eigenvalue weighted by Gasteiger charge is 2.31. The van der Waals surface area contributed by atoms with Crippen molar-refractivity contribution in [3.05, 3.63) is 77.6 Å². The summed E-state index contributed by atoms with van der Waals surface area (Å²) in [6.07, 6.45) is 2.50. The lowest BCUT2D eigenvalue weighted by Crippen LogP contribution is -2.57. The van der Waals surface area contributed by atoms with Crippen molar-refractivity contribution in [3.63, 3.8) is 0 Å². The largest absolute Gasteiger partial charge is 0.481 e. The highest BCUT2D eigenvalue weighted by atomic mass is 16.6. The number of nitrogens with two attached hydrogens (primary N) is 1. The molecule has 0 aliphatic carbocycles. The summed E-state index contributed by atoms with van der Waals surface area (Å²) in [5, 5.41) is 22.8. The quantitative estimate of drug-likeness (QED) is 0.0838. The number of ether oxygens (including phenoxy) is 1. The first-order valence-corrected chi connectivity index (χ1v) is 17.6. The molecule has 16 heteroatoms. The Morgan fingerprint density at radius 3 is 2.19 bits per heavy atom. The fourth-order valence-corrected chi connectivity index (χ4v) is 5.25. The van der Waals surface area contributed by atoms with Gasteiger partial charge >= 0.3 is 12.1 Å². The lowest BCUT2D eigenvalue weighted by Gasteiger charge is -2.24. The summed E-state index contributed by atoms with van der Waals surface area (Å²) >= 11 is 0. The first-order valence-electron chi connectivity index (χ1n) is 17.6. The average molecular weight is 748 g/mol. The van der Waals surface area contributed by atoms with Crippen LogP contribution in [0.5, 0.6) is 0 Å². The minimum atomic E-state index is -1.63. The molecule has 9 N–H and O–H groups in total. The number of benzene rings is 2. The number of para-hydroxylation sites is 1. The minimum Gasteiger partial charge on any atom is -0.481 e. The molecule has 3 atom stereocenters. The van der Waals surface area contributed by atoms with E-state index >= 15 is 0 Å². The number of aromatic amines is 1. The number of H-pyrrole nitrogens is 1. The number of rotatable bonds is 19. The predicted molar refractivity (Wildman–Crippen MR) is 200 cm³/mol. The Morgan fingerprint density at radius 2 is 1.54 bits per heavy atom. The van der Waals surface area contributed by atoms with Gasteiger partial charge in [0.05, 0.1) is 6.42 Å². The normalized spacial score (nSPS) is 13.1. The molecule has 0 aliphatic heterocycles. The number of alkyl carbamates (subject to hydrolysis) is 1. The van der Waals surface area contributed by atoms with Gasteiger partial charge in [-0.1, -0.05) is 68.3 Å². The van der Waals surface area contributed by atoms with Gasteiger partial charge < -0.3 is 47.1 Å². The molecule has 1 aromatic heterocycles. The van der Waals surface area contributed by atoms with Crippen LogP contribution < -0.4 is 32.3 Å². The van der Waals surface area contributed by atoms with E-state index in [1.165, 1.54) is 6.08 Å². The zero-order valence-corrected chi connectivity index (χ0v) is 30.8. The molecular formula is C38H49N7O9. The molecule has 54 heavy (non-hydrogen) atoms. The highest BCUT2D eigenvalue weighted by molar-refractivity contribution is 6.05. The first-order chi connectivity index (χ1) is 25.6. The van der Waals surface area contributed by atoms with Gasteiger partial charge in [-0.15, -0.1) is 0 Å². The molecule has 0 saturated heterocycles. The van der Waals surface area contributed by atoms with E-state index in [1.807, 2.05) is 25.1 Å². The Balaban J connectivity index is 1.82. The van der Waals surface area contributed by atoms with Gasteiger partial charge in [-0.05, 0) is 44.9 Å². The second-order valence-corrected chi connectivity index (χ2v) is 13.6. The number of amides is 6. The van der Waals surface area contributed by atoms with Gasteiger partial charge in [-0.25, -0.2) is 4.79 Å². The number of hydrogen-bond acceptors (Lipinski definition) is 8. The van der Waals surface area contributed by atoms with E-state index in [-0.39, 0.29) is 31.5 Å². The molecule has 0 fully saturated rings. The van der Waals surface area contributed by atoms with E-state index < -0.39 is 71.7 Å². The molecule has 0 aliphatic rings. The molecule has 0 spiro atoms. The maximum absolute atomic E-state index is 13.9. The number of carboxylic acid groups (broad SMARTS) is 1. The monoisotopic (exact) mass is 747 g/mol. The Kier molecular flexibility index (Phi) is 15.8. The molecule has 0 saturated carbocycles. The first kappa shape index (κ1) is 42.2. The van der Waals surface area contributed by atoms with E-state index in [2.05, 4.69) is 31.6 Å². The maximum Gasteiger partial charge on any atom is 0.407 e. The van der Waals surface area contributed by atoms with Crippen LogP contribution in [-0.2, 0) is 39.9 Å². The molecule has 290 valence electrons. The number of fused-ring (bicyclic) bond motifs is 1. The standard InChI is InChI=1S/C38H49N7O9/c1-5-6-15-27(34(50)45-30(21-32(47)48)36(52)44-28(33(39)49)19-23-12-8-7-9-13-23)43-35(51)29(20-24-22-41-26-16-11-10-14-25(24)26)42-31(46)17-18-40-37(53)54-38(2,3)4/h7-14,16,20,22,27-28,30,41H,5-6,15,17-19,21H2,1-4H3,(H2,39,49)(H,40,53)(H,42,46)(H,43,51)(H,44,52)(H,45,50)(H,47,48)/b29-20-/t27-,28-,30-/m0/s1. The van der Waals surface area contributed by atoms with Crippen molar-refractivity contribution < 1.29 is 43.4 Å². The molecule has 0 bridgehead atoms. The average Bonchev–Trinajstić information content (AvgIpc) is 3.51. The van der Waals surface area contributed by atoms with Crippen molar-refractivity contribution in [2.75, 3.05) is 6.54 Å². The number of carbonyl (C=O) groups is 7. The van der Waals surface area contributed by atoms with Crippen molar-refractivity contribution in [2.45, 2.75) is 89.9 Å². The number of aliphatic carboxylic acids is 1. The summed E-state index contributed by atoms with van der Waals surface area (Å²) < 4.78 is 5.19. The SMILES string of the molecule is CCCC[C@H](NC(=O)/C(=C/c1c[nH]c2ccccc12)NC(=O)CCNC(=O)OC(C)(C)C)C(=O)N[C@@H](CC(=O)O)C(=O)N[C@@H](Cc1ccccc1)C(N)=O. The van der Waals surface area contributed by atoms with E-state index in [0.717, 1.165) is 10.9 Å². The second-order valence-electron chi connectivity index (χ2n) is 13.6. The van der Waals surface area contributed by atoms with Gasteiger partial charge in [0, 0.05) is 42.0 Å². The Hall–Kier alpha value is -6.19. The van der Waals surface area contributed by atoms with E-state index in [1.54, 1.807) is 63.4 Å². The summed E-state index contributed by atoms with van der Waals surface area (Å²) in [7, 11) is 0. The van der Waals surface area contributed by atoms with Gasteiger partial charge in [0.1, 0.15) is 29.4 Å². The van der Waals surface area contributed by atoms with Gasteiger partial charge in [0.2, 0.25) is 23.6 Å². The van der Waals surface area contributed by atoms with Gasteiger partial charge in [0.15, 0.2) is 0 Å². The maximum atomic E-state index is 13.9. The van der Waals surface area contributed by atoms with Crippen molar-refractivity contribution in [1.29, 1.82) is 0 Å². The summed E-state index contributed by atoms with van der Waals surface area (Å²) in [5.41, 5.74) is 6.57. The number of carboxylic acids is 1. The molecule has 3 rings (SSSR count). The molecule has 2 aromatic carbocycles. The topological polar surface area (TPSA) is 251 Å². The van der Waals surface area contributed by atoms with Gasteiger partial charge in [0.25, 0.3) is 5.91 Å². The van der Waals surface area contributed by atoms with Crippen LogP contribution in [0.4, 0.5) is 4.79 Å². The van der Waals surface area contributed by atoms with Crippen molar-refractivity contribution >= 4 is 58.6 Å². The van der Waals surface area contributed by atoms with E-state index in [9.17, 15) is 38.7 Å². The number of hydrogen-bond donors (Lipinski definition) is 8. The fraction of sp³-hybridized carbons (Fsp3) is 0.395. The number of nitrogens with one attached hydrogen (secondary N) is 6. The van der Waals surface area contributed by atoms with Gasteiger partial charge in [-0.2, -0.15) is 0 Å². The molecule has 0 unspecified atom stereocenters. The molecule has 16 nitrogen and oxygen atoms in total. The van der Waals surface area contributed by atoms with Crippen LogP contribution in [0.1, 0.15) is 70.9 Å². The minimum absolute atomic E-state index is 0.0269. The fourth-order valence-electron chi connectivity index (χ4n) is 5.25. The number of aromatic nitrogens is 1. The molecule has 6 amide bonds.